The molecule has 0 heterocycles. The summed E-state index contributed by atoms with van der Waals surface area (Å²) in [5, 5.41) is 11.9. The lowest BCUT2D eigenvalue weighted by atomic mass is 10.1. The summed E-state index contributed by atoms with van der Waals surface area (Å²) in [6.07, 6.45) is 0.215. The minimum absolute atomic E-state index is 0.0683. The monoisotopic (exact) mass is 300 g/mol. The SMILES string of the molecule is N#CCOc1ccccc1NC(=O)Cc1cccc(Cl)c1. The minimum Gasteiger partial charge on any atom is -0.477 e. The predicted molar refractivity (Wildman–Crippen MR) is 81.3 cm³/mol. The van der Waals surface area contributed by atoms with Gasteiger partial charge in [0, 0.05) is 5.02 Å². The highest BCUT2D eigenvalue weighted by atomic mass is 35.5. The summed E-state index contributed by atoms with van der Waals surface area (Å²) >= 11 is 5.89. The summed E-state index contributed by atoms with van der Waals surface area (Å²) in [6.45, 7) is -0.0683. The molecule has 0 atom stereocenters. The minimum atomic E-state index is -0.176. The number of nitriles is 1. The van der Waals surface area contributed by atoms with E-state index in [4.69, 9.17) is 21.6 Å². The van der Waals surface area contributed by atoms with Gasteiger partial charge >= 0.3 is 0 Å². The number of halogens is 1. The average molecular weight is 301 g/mol. The van der Waals surface area contributed by atoms with Gasteiger partial charge in [0.15, 0.2) is 6.61 Å². The molecule has 0 unspecified atom stereocenters. The maximum atomic E-state index is 12.0. The van der Waals surface area contributed by atoms with Gasteiger partial charge in [-0.1, -0.05) is 35.9 Å². The molecule has 2 aromatic rings. The molecule has 0 aliphatic rings. The van der Waals surface area contributed by atoms with Gasteiger partial charge < -0.3 is 10.1 Å². The first-order chi connectivity index (χ1) is 10.2. The molecule has 0 aromatic heterocycles. The summed E-state index contributed by atoms with van der Waals surface area (Å²) in [7, 11) is 0. The first kappa shape index (κ1) is 14.9. The van der Waals surface area contributed by atoms with Gasteiger partial charge in [0.2, 0.25) is 5.91 Å². The van der Waals surface area contributed by atoms with E-state index < -0.39 is 0 Å². The second-order valence-electron chi connectivity index (χ2n) is 4.30. The summed E-state index contributed by atoms with van der Waals surface area (Å²) in [5.74, 6) is 0.295. The molecule has 2 aromatic carbocycles. The summed E-state index contributed by atoms with van der Waals surface area (Å²) in [6, 6.07) is 16.0. The van der Waals surface area contributed by atoms with Gasteiger partial charge in [-0.3, -0.25) is 4.79 Å². The van der Waals surface area contributed by atoms with Gasteiger partial charge in [-0.2, -0.15) is 5.26 Å². The van der Waals surface area contributed by atoms with Crippen LogP contribution >= 0.6 is 11.6 Å². The van der Waals surface area contributed by atoms with E-state index in [2.05, 4.69) is 5.32 Å². The van der Waals surface area contributed by atoms with Crippen molar-refractivity contribution in [3.63, 3.8) is 0 Å². The molecule has 5 heteroatoms. The van der Waals surface area contributed by atoms with E-state index in [1.54, 1.807) is 42.5 Å². The Balaban J connectivity index is 2.04. The third-order valence-electron chi connectivity index (χ3n) is 2.71. The van der Waals surface area contributed by atoms with Crippen LogP contribution in [0, 0.1) is 11.3 Å². The number of carbonyl (C=O) groups excluding carboxylic acids is 1. The number of amides is 1. The Morgan fingerprint density at radius 1 is 1.24 bits per heavy atom. The van der Waals surface area contributed by atoms with Crippen LogP contribution in [0.1, 0.15) is 5.56 Å². The molecule has 106 valence electrons. The number of para-hydroxylation sites is 2. The number of nitrogens with one attached hydrogen (secondary N) is 1. The predicted octanol–water partition coefficient (Wildman–Crippen LogP) is 3.42. The first-order valence-electron chi connectivity index (χ1n) is 6.32. The molecule has 0 spiro atoms. The van der Waals surface area contributed by atoms with Gasteiger partial charge in [-0.25, -0.2) is 0 Å². The normalized spacial score (nSPS) is 9.71. The number of benzene rings is 2. The summed E-state index contributed by atoms with van der Waals surface area (Å²) < 4.78 is 5.26. The van der Waals surface area contributed by atoms with E-state index in [0.29, 0.717) is 16.5 Å². The van der Waals surface area contributed by atoms with E-state index in [1.807, 2.05) is 12.1 Å². The Hall–Kier alpha value is -2.51. The van der Waals surface area contributed by atoms with E-state index in [0.717, 1.165) is 5.56 Å². The van der Waals surface area contributed by atoms with Crippen molar-refractivity contribution >= 4 is 23.2 Å². The molecule has 2 rings (SSSR count). The molecule has 0 radical (unpaired) electrons. The number of rotatable bonds is 5. The highest BCUT2D eigenvalue weighted by molar-refractivity contribution is 6.30. The van der Waals surface area contributed by atoms with Crippen LogP contribution in [0.15, 0.2) is 48.5 Å². The van der Waals surface area contributed by atoms with Gasteiger partial charge in [0.1, 0.15) is 11.8 Å². The van der Waals surface area contributed by atoms with Crippen LogP contribution in [0.2, 0.25) is 5.02 Å². The molecular formula is C16H13ClN2O2. The molecule has 0 aliphatic carbocycles. The molecule has 0 bridgehead atoms. The van der Waals surface area contributed by atoms with Crippen LogP contribution in [0.25, 0.3) is 0 Å². The Labute approximate surface area is 127 Å². The maximum Gasteiger partial charge on any atom is 0.228 e. The molecule has 0 fully saturated rings. The molecule has 0 saturated carbocycles. The standard InChI is InChI=1S/C16H13ClN2O2/c17-13-5-3-4-12(10-13)11-16(20)19-14-6-1-2-7-15(14)21-9-8-18/h1-7,10H,9,11H2,(H,19,20). The zero-order valence-electron chi connectivity index (χ0n) is 11.2. The second-order valence-corrected chi connectivity index (χ2v) is 4.73. The van der Waals surface area contributed by atoms with Crippen LogP contribution in [0.4, 0.5) is 5.69 Å². The molecule has 1 N–H and O–H groups in total. The Morgan fingerprint density at radius 3 is 2.81 bits per heavy atom. The lowest BCUT2D eigenvalue weighted by Gasteiger charge is -2.10. The van der Waals surface area contributed by atoms with Crippen molar-refractivity contribution < 1.29 is 9.53 Å². The fourth-order valence-corrected chi connectivity index (χ4v) is 2.05. The number of nitrogens with zero attached hydrogens (tertiary/aromatic N) is 1. The number of ether oxygens (including phenoxy) is 1. The third kappa shape index (κ3) is 4.51. The number of carbonyl (C=O) groups is 1. The van der Waals surface area contributed by atoms with Crippen molar-refractivity contribution in [2.75, 3.05) is 11.9 Å². The number of hydrogen-bond acceptors (Lipinski definition) is 3. The van der Waals surface area contributed by atoms with E-state index >= 15 is 0 Å². The Kier molecular flexibility index (Phi) is 5.19. The van der Waals surface area contributed by atoms with Crippen molar-refractivity contribution in [1.82, 2.24) is 0 Å². The number of hydrogen-bond donors (Lipinski definition) is 1. The number of anilines is 1. The van der Waals surface area contributed by atoms with Crippen molar-refractivity contribution in [2.24, 2.45) is 0 Å². The zero-order chi connectivity index (χ0) is 15.1. The molecular weight excluding hydrogens is 288 g/mol. The Morgan fingerprint density at radius 2 is 2.05 bits per heavy atom. The maximum absolute atomic E-state index is 12.0. The lowest BCUT2D eigenvalue weighted by Crippen LogP contribution is -2.15. The largest absolute Gasteiger partial charge is 0.477 e. The fraction of sp³-hybridized carbons (Fsp3) is 0.125. The molecule has 4 nitrogen and oxygen atoms in total. The topological polar surface area (TPSA) is 62.1 Å². The fourth-order valence-electron chi connectivity index (χ4n) is 1.83. The highest BCUT2D eigenvalue weighted by Gasteiger charge is 2.08. The quantitative estimate of drug-likeness (QED) is 0.920. The molecule has 0 aliphatic heterocycles. The van der Waals surface area contributed by atoms with Crippen LogP contribution in [-0.4, -0.2) is 12.5 Å². The van der Waals surface area contributed by atoms with Crippen LogP contribution < -0.4 is 10.1 Å². The Bertz CT molecular complexity index is 680. The van der Waals surface area contributed by atoms with Crippen molar-refractivity contribution in [2.45, 2.75) is 6.42 Å². The van der Waals surface area contributed by atoms with E-state index in [1.165, 1.54) is 0 Å². The van der Waals surface area contributed by atoms with Crippen LogP contribution in [-0.2, 0) is 11.2 Å². The van der Waals surface area contributed by atoms with Gasteiger partial charge in [-0.15, -0.1) is 0 Å². The summed E-state index contributed by atoms with van der Waals surface area (Å²) in [4.78, 5) is 12.0. The molecule has 0 saturated heterocycles. The first-order valence-corrected chi connectivity index (χ1v) is 6.70. The van der Waals surface area contributed by atoms with Crippen molar-refractivity contribution in [3.05, 3.63) is 59.1 Å². The van der Waals surface area contributed by atoms with E-state index in [9.17, 15) is 4.79 Å². The lowest BCUT2D eigenvalue weighted by molar-refractivity contribution is -0.115. The highest BCUT2D eigenvalue weighted by Crippen LogP contribution is 2.23. The van der Waals surface area contributed by atoms with Crippen molar-refractivity contribution in [3.8, 4) is 11.8 Å². The van der Waals surface area contributed by atoms with Crippen LogP contribution in [0.3, 0.4) is 0 Å². The molecule has 21 heavy (non-hydrogen) atoms. The third-order valence-corrected chi connectivity index (χ3v) is 2.94. The summed E-state index contributed by atoms with van der Waals surface area (Å²) in [5.41, 5.74) is 1.37. The average Bonchev–Trinajstić information content (AvgIpc) is 2.46. The van der Waals surface area contributed by atoms with Gasteiger partial charge in [0.25, 0.3) is 0 Å². The van der Waals surface area contributed by atoms with Crippen LogP contribution in [0.5, 0.6) is 5.75 Å². The smallest absolute Gasteiger partial charge is 0.228 e. The van der Waals surface area contributed by atoms with Crippen molar-refractivity contribution in [1.29, 1.82) is 5.26 Å². The van der Waals surface area contributed by atoms with Gasteiger partial charge in [0.05, 0.1) is 12.1 Å². The second kappa shape index (κ2) is 7.32. The zero-order valence-corrected chi connectivity index (χ0v) is 11.9. The van der Waals surface area contributed by atoms with E-state index in [-0.39, 0.29) is 18.9 Å². The van der Waals surface area contributed by atoms with Gasteiger partial charge in [-0.05, 0) is 29.8 Å². The molecule has 1 amide bonds.